The van der Waals surface area contributed by atoms with Crippen LogP contribution in [0.5, 0.6) is 0 Å². The molecule has 6 nitrogen and oxygen atoms in total. The van der Waals surface area contributed by atoms with Crippen molar-refractivity contribution >= 4 is 12.6 Å². The molecular formula is C25H37N5O. The van der Waals surface area contributed by atoms with Gasteiger partial charge in [0, 0.05) is 47.6 Å². The van der Waals surface area contributed by atoms with Crippen LogP contribution in [0.3, 0.4) is 0 Å². The van der Waals surface area contributed by atoms with Gasteiger partial charge in [-0.25, -0.2) is 15.0 Å². The van der Waals surface area contributed by atoms with E-state index in [1.165, 1.54) is 0 Å². The Morgan fingerprint density at radius 1 is 1.29 bits per heavy atom. The predicted octanol–water partition coefficient (Wildman–Crippen LogP) is 4.55. The zero-order valence-electron chi connectivity index (χ0n) is 19.8. The summed E-state index contributed by atoms with van der Waals surface area (Å²) >= 11 is 0. The van der Waals surface area contributed by atoms with Gasteiger partial charge in [-0.15, -0.1) is 0 Å². The molecule has 168 valence electrons. The van der Waals surface area contributed by atoms with E-state index < -0.39 is 0 Å². The normalized spacial score (nSPS) is 18.8. The smallest absolute Gasteiger partial charge is 0.254 e. The molecule has 2 fully saturated rings. The summed E-state index contributed by atoms with van der Waals surface area (Å²) in [6.45, 7) is 15.5. The van der Waals surface area contributed by atoms with Crippen molar-refractivity contribution in [2.75, 3.05) is 13.1 Å². The van der Waals surface area contributed by atoms with Crippen LogP contribution in [0.1, 0.15) is 84.2 Å². The van der Waals surface area contributed by atoms with Crippen molar-refractivity contribution in [1.29, 1.82) is 0 Å². The Morgan fingerprint density at radius 2 is 1.97 bits per heavy atom. The van der Waals surface area contributed by atoms with Gasteiger partial charge in [-0.3, -0.25) is 4.79 Å². The molecule has 3 rings (SSSR count). The molecular weight excluding hydrogens is 386 g/mol. The molecule has 0 aromatic carbocycles. The summed E-state index contributed by atoms with van der Waals surface area (Å²) in [5.74, 6) is 2.05. The van der Waals surface area contributed by atoms with Crippen LogP contribution >= 0.6 is 0 Å². The van der Waals surface area contributed by atoms with Gasteiger partial charge in [-0.05, 0) is 72.6 Å². The van der Waals surface area contributed by atoms with Gasteiger partial charge in [0.15, 0.2) is 0 Å². The number of nitrogens with one attached hydrogen (secondary N) is 1. The standard InChI is InChI=1S/C25H37N5O/c1-7-8-20-9-14-27-23(28-20)19-10-15-30(16-11-19)24(31)21(17(2)3)18(4)22(26-6)29-25(5)12-13-25/h9,14,19,29H,6-8,10-13,15-16H2,1-5H3/b22-18-. The number of carbonyl (C=O) groups excluding carboxylic acids is 1. The van der Waals surface area contributed by atoms with Crippen LogP contribution in [0.4, 0.5) is 0 Å². The second kappa shape index (κ2) is 9.75. The number of likely N-dealkylation sites (tertiary alicyclic amines) is 1. The molecule has 0 unspecified atom stereocenters. The van der Waals surface area contributed by atoms with Crippen molar-refractivity contribution in [3.63, 3.8) is 0 Å². The van der Waals surface area contributed by atoms with Crippen LogP contribution < -0.4 is 5.32 Å². The second-order valence-corrected chi connectivity index (χ2v) is 9.42. The summed E-state index contributed by atoms with van der Waals surface area (Å²) in [5, 5.41) is 3.48. The first-order chi connectivity index (χ1) is 14.8. The SMILES string of the molecule is C=N/C(NC1(C)CC1)=C(\C)C(C(=O)N1CCC(c2nccc(CCC)n2)CC1)=C(C)C. The summed E-state index contributed by atoms with van der Waals surface area (Å²) in [5.41, 5.74) is 3.83. The molecule has 1 amide bonds. The first-order valence-corrected chi connectivity index (χ1v) is 11.5. The number of hydrogen-bond donors (Lipinski definition) is 1. The van der Waals surface area contributed by atoms with Crippen LogP contribution in [0, 0.1) is 0 Å². The fourth-order valence-electron chi connectivity index (χ4n) is 4.22. The number of piperidine rings is 1. The van der Waals surface area contributed by atoms with Crippen LogP contribution in [0.15, 0.2) is 39.8 Å². The zero-order chi connectivity index (χ0) is 22.6. The average molecular weight is 424 g/mol. The van der Waals surface area contributed by atoms with Crippen molar-refractivity contribution in [3.05, 3.63) is 46.3 Å². The van der Waals surface area contributed by atoms with Gasteiger partial charge in [0.25, 0.3) is 5.91 Å². The lowest BCUT2D eigenvalue weighted by Crippen LogP contribution is -2.40. The Balaban J connectivity index is 1.71. The molecule has 2 aliphatic rings. The van der Waals surface area contributed by atoms with Crippen molar-refractivity contribution in [2.45, 2.75) is 84.6 Å². The van der Waals surface area contributed by atoms with Crippen molar-refractivity contribution in [2.24, 2.45) is 4.99 Å². The Morgan fingerprint density at radius 3 is 2.52 bits per heavy atom. The highest BCUT2D eigenvalue weighted by Crippen LogP contribution is 2.36. The molecule has 1 aromatic rings. The van der Waals surface area contributed by atoms with Crippen molar-refractivity contribution in [1.82, 2.24) is 20.2 Å². The fraction of sp³-hybridized carbons (Fsp3) is 0.600. The largest absolute Gasteiger partial charge is 0.365 e. The van der Waals surface area contributed by atoms with Gasteiger partial charge < -0.3 is 10.2 Å². The maximum absolute atomic E-state index is 13.5. The first-order valence-electron chi connectivity index (χ1n) is 11.5. The number of aryl methyl sites for hydroxylation is 1. The maximum Gasteiger partial charge on any atom is 0.254 e. The third kappa shape index (κ3) is 5.60. The number of nitrogens with zero attached hydrogens (tertiary/aromatic N) is 4. The van der Waals surface area contributed by atoms with E-state index in [9.17, 15) is 4.79 Å². The van der Waals surface area contributed by atoms with E-state index >= 15 is 0 Å². The van der Waals surface area contributed by atoms with Gasteiger partial charge in [0.1, 0.15) is 11.6 Å². The Hall–Kier alpha value is -2.50. The number of amides is 1. The van der Waals surface area contributed by atoms with Crippen LogP contribution in [-0.2, 0) is 11.2 Å². The van der Waals surface area contributed by atoms with Gasteiger partial charge in [-0.1, -0.05) is 18.9 Å². The highest BCUT2D eigenvalue weighted by molar-refractivity contribution is 5.98. The highest BCUT2D eigenvalue weighted by Gasteiger charge is 2.38. The molecule has 1 N–H and O–H groups in total. The molecule has 1 saturated heterocycles. The molecule has 0 radical (unpaired) electrons. The number of allylic oxidation sites excluding steroid dienone is 1. The lowest BCUT2D eigenvalue weighted by Gasteiger charge is -2.32. The number of aromatic nitrogens is 2. The second-order valence-electron chi connectivity index (χ2n) is 9.42. The Kier molecular flexibility index (Phi) is 7.29. The minimum Gasteiger partial charge on any atom is -0.365 e. The van der Waals surface area contributed by atoms with Gasteiger partial charge in [0.05, 0.1) is 0 Å². The van der Waals surface area contributed by atoms with E-state index in [-0.39, 0.29) is 11.4 Å². The lowest BCUT2D eigenvalue weighted by molar-refractivity contribution is -0.128. The van der Waals surface area contributed by atoms with Crippen LogP contribution in [0.25, 0.3) is 0 Å². The molecule has 0 atom stereocenters. The van der Waals surface area contributed by atoms with E-state index in [0.29, 0.717) is 5.92 Å². The predicted molar refractivity (Wildman–Crippen MR) is 126 cm³/mol. The first kappa shape index (κ1) is 23.2. The molecule has 6 heteroatoms. The number of rotatable bonds is 8. The summed E-state index contributed by atoms with van der Waals surface area (Å²) < 4.78 is 0. The molecule has 1 aliphatic heterocycles. The molecule has 1 aromatic heterocycles. The molecule has 0 spiro atoms. The number of carbonyl (C=O) groups is 1. The van der Waals surface area contributed by atoms with Crippen LogP contribution in [0.2, 0.25) is 0 Å². The monoisotopic (exact) mass is 423 g/mol. The van der Waals surface area contributed by atoms with Crippen LogP contribution in [-0.4, -0.2) is 46.1 Å². The molecule has 31 heavy (non-hydrogen) atoms. The van der Waals surface area contributed by atoms with E-state index in [2.05, 4.69) is 35.9 Å². The number of hydrogen-bond acceptors (Lipinski definition) is 5. The van der Waals surface area contributed by atoms with E-state index in [1.807, 2.05) is 37.9 Å². The summed E-state index contributed by atoms with van der Waals surface area (Å²) in [7, 11) is 0. The molecule has 2 heterocycles. The Labute approximate surface area is 187 Å². The topological polar surface area (TPSA) is 70.5 Å². The summed E-state index contributed by atoms with van der Waals surface area (Å²) in [6.07, 6.45) is 7.95. The number of aliphatic imine (C=N–C) groups is 1. The lowest BCUT2D eigenvalue weighted by atomic mass is 9.93. The molecule has 1 saturated carbocycles. The minimum absolute atomic E-state index is 0.0816. The van der Waals surface area contributed by atoms with Gasteiger partial charge in [-0.2, -0.15) is 0 Å². The summed E-state index contributed by atoms with van der Waals surface area (Å²) in [4.78, 5) is 28.9. The highest BCUT2D eigenvalue weighted by atomic mass is 16.2. The van der Waals surface area contributed by atoms with Gasteiger partial charge >= 0.3 is 0 Å². The van der Waals surface area contributed by atoms with E-state index in [0.717, 1.165) is 85.7 Å². The van der Waals surface area contributed by atoms with Crippen molar-refractivity contribution in [3.8, 4) is 0 Å². The third-order valence-corrected chi connectivity index (χ3v) is 6.41. The average Bonchev–Trinajstić information content (AvgIpc) is 3.49. The molecule has 1 aliphatic carbocycles. The molecule has 0 bridgehead atoms. The van der Waals surface area contributed by atoms with Crippen molar-refractivity contribution < 1.29 is 4.79 Å². The fourth-order valence-corrected chi connectivity index (χ4v) is 4.22. The van der Waals surface area contributed by atoms with Gasteiger partial charge in [0.2, 0.25) is 0 Å². The third-order valence-electron chi connectivity index (χ3n) is 6.41. The zero-order valence-corrected chi connectivity index (χ0v) is 19.8. The maximum atomic E-state index is 13.5. The quantitative estimate of drug-likeness (QED) is 0.378. The van der Waals surface area contributed by atoms with E-state index in [1.54, 1.807) is 0 Å². The van der Waals surface area contributed by atoms with E-state index in [4.69, 9.17) is 4.98 Å². The minimum atomic E-state index is 0.0816. The summed E-state index contributed by atoms with van der Waals surface area (Å²) in [6, 6.07) is 2.00. The Bertz CT molecular complexity index is 885.